The van der Waals surface area contributed by atoms with Gasteiger partial charge < -0.3 is 14.2 Å². The predicted molar refractivity (Wildman–Crippen MR) is 306 cm³/mol. The van der Waals surface area contributed by atoms with Crippen molar-refractivity contribution in [2.45, 2.75) is 207 Å². The van der Waals surface area contributed by atoms with Gasteiger partial charge in [0, 0.05) is 19.3 Å². The highest BCUT2D eigenvalue weighted by Crippen LogP contribution is 2.09. The van der Waals surface area contributed by atoms with Gasteiger partial charge in [-0.3, -0.25) is 14.4 Å². The molecule has 6 heteroatoms. The van der Waals surface area contributed by atoms with E-state index in [0.29, 0.717) is 19.3 Å². The van der Waals surface area contributed by atoms with E-state index < -0.39 is 18.0 Å². The molecule has 0 aliphatic heterocycles. The molecule has 71 heavy (non-hydrogen) atoms. The van der Waals surface area contributed by atoms with Gasteiger partial charge in [-0.05, 0) is 135 Å². The Morgan fingerprint density at radius 1 is 0.296 bits per heavy atom. The van der Waals surface area contributed by atoms with Crippen LogP contribution in [-0.2, 0) is 28.6 Å². The Labute approximate surface area is 434 Å². The molecule has 0 bridgehead atoms. The fraction of sp³-hybridized carbons (Fsp3) is 0.523. The minimum absolute atomic E-state index is 0.161. The Bertz CT molecular complexity index is 1690. The van der Waals surface area contributed by atoms with Crippen molar-refractivity contribution in [1.29, 1.82) is 0 Å². The van der Waals surface area contributed by atoms with Crippen molar-refractivity contribution in [2.75, 3.05) is 13.2 Å². The van der Waals surface area contributed by atoms with Crippen LogP contribution in [0.1, 0.15) is 201 Å². The van der Waals surface area contributed by atoms with Crippen LogP contribution in [-0.4, -0.2) is 37.2 Å². The van der Waals surface area contributed by atoms with Crippen LogP contribution in [0, 0.1) is 0 Å². The standard InChI is InChI=1S/C65H98O6/c1-4-7-10-13-16-19-22-25-28-30-32-34-37-40-43-46-49-52-55-58-64(67)70-61-62(60-69-63(66)57-54-51-48-45-42-39-36-27-24-21-18-15-12-9-6-3)71-65(68)59-56-53-50-47-44-41-38-35-33-31-29-26-23-20-17-14-11-8-5-2/h9,12,16-21,25-29,32-36,40-45,49-50,52-53,62H,4-8,10-11,13-15,22-24,30-31,37-39,46-48,51,54-61H2,1-3H3/b12-9-,19-16-,20-17-,21-18-,28-25-,29-26-,34-32-,35-33-,36-27-,43-40-,44-41-,45-42-,52-49-,53-50-/t62-/m1/s1. The third kappa shape index (κ3) is 55.6. The van der Waals surface area contributed by atoms with Crippen molar-refractivity contribution < 1.29 is 28.6 Å². The van der Waals surface area contributed by atoms with Crippen molar-refractivity contribution in [3.05, 3.63) is 170 Å². The van der Waals surface area contributed by atoms with Crippen molar-refractivity contribution in [2.24, 2.45) is 0 Å². The van der Waals surface area contributed by atoms with E-state index in [0.717, 1.165) is 89.9 Å². The second-order valence-electron chi connectivity index (χ2n) is 17.4. The quantitative estimate of drug-likeness (QED) is 0.0262. The average molecular weight is 975 g/mol. The number of carbonyl (C=O) groups excluding carboxylic acids is 3. The molecule has 0 heterocycles. The number of ether oxygens (including phenoxy) is 3. The molecule has 0 aliphatic carbocycles. The number of rotatable bonds is 47. The van der Waals surface area contributed by atoms with Crippen molar-refractivity contribution >= 4 is 17.9 Å². The van der Waals surface area contributed by atoms with Crippen LogP contribution in [0.25, 0.3) is 0 Å². The first kappa shape index (κ1) is 65.8. The Kier molecular flexibility index (Phi) is 53.1. The molecule has 394 valence electrons. The van der Waals surface area contributed by atoms with Gasteiger partial charge in [0.25, 0.3) is 0 Å². The van der Waals surface area contributed by atoms with Gasteiger partial charge in [0.2, 0.25) is 0 Å². The van der Waals surface area contributed by atoms with Crippen LogP contribution in [0.15, 0.2) is 170 Å². The zero-order valence-electron chi connectivity index (χ0n) is 44.9. The summed E-state index contributed by atoms with van der Waals surface area (Å²) >= 11 is 0. The smallest absolute Gasteiger partial charge is 0.306 e. The molecule has 0 aromatic rings. The minimum atomic E-state index is -0.875. The third-order valence-electron chi connectivity index (χ3n) is 10.7. The third-order valence-corrected chi connectivity index (χ3v) is 10.7. The van der Waals surface area contributed by atoms with Gasteiger partial charge in [0.15, 0.2) is 6.10 Å². The van der Waals surface area contributed by atoms with E-state index in [-0.39, 0.29) is 38.4 Å². The Hall–Kier alpha value is -5.23. The van der Waals surface area contributed by atoms with E-state index in [1.165, 1.54) is 51.4 Å². The molecule has 0 aromatic carbocycles. The SMILES string of the molecule is CC/C=C\C/C=C\C/C=C\C/C=C\CCCCC(=O)OC[C@H](COC(=O)CC/C=C\C/C=C\C/C=C\C/C=C\C/C=C\CCCCC)OC(=O)CC/C=C\C/C=C\C/C=C\C/C=C\C/C=C\CCCCC. The van der Waals surface area contributed by atoms with Gasteiger partial charge in [0.05, 0.1) is 0 Å². The number of hydrogen-bond donors (Lipinski definition) is 0. The number of unbranched alkanes of at least 4 members (excludes halogenated alkanes) is 8. The molecule has 0 radical (unpaired) electrons. The normalized spacial score (nSPS) is 13.5. The van der Waals surface area contributed by atoms with E-state index in [1.807, 2.05) is 24.3 Å². The summed E-state index contributed by atoms with van der Waals surface area (Å²) < 4.78 is 16.6. The molecule has 0 aromatic heterocycles. The molecular weight excluding hydrogens is 877 g/mol. The summed E-state index contributed by atoms with van der Waals surface area (Å²) in [5, 5.41) is 0. The van der Waals surface area contributed by atoms with Crippen LogP contribution in [0.2, 0.25) is 0 Å². The summed E-state index contributed by atoms with van der Waals surface area (Å²) in [6.45, 7) is 6.28. The fourth-order valence-corrected chi connectivity index (χ4v) is 6.57. The van der Waals surface area contributed by atoms with E-state index in [2.05, 4.69) is 167 Å². The van der Waals surface area contributed by atoms with Gasteiger partial charge in [-0.25, -0.2) is 0 Å². The van der Waals surface area contributed by atoms with Crippen molar-refractivity contribution in [1.82, 2.24) is 0 Å². The maximum Gasteiger partial charge on any atom is 0.306 e. The second kappa shape index (κ2) is 57.3. The van der Waals surface area contributed by atoms with Gasteiger partial charge in [0.1, 0.15) is 13.2 Å². The molecule has 0 unspecified atom stereocenters. The molecule has 6 nitrogen and oxygen atoms in total. The van der Waals surface area contributed by atoms with Crippen molar-refractivity contribution in [3.8, 4) is 0 Å². The van der Waals surface area contributed by atoms with Crippen LogP contribution < -0.4 is 0 Å². The Morgan fingerprint density at radius 2 is 0.563 bits per heavy atom. The molecule has 0 aliphatic rings. The lowest BCUT2D eigenvalue weighted by Crippen LogP contribution is -2.30. The molecular formula is C65H98O6. The van der Waals surface area contributed by atoms with Gasteiger partial charge in [-0.15, -0.1) is 0 Å². The van der Waals surface area contributed by atoms with Gasteiger partial charge in [-0.2, -0.15) is 0 Å². The molecule has 1 atom stereocenters. The van der Waals surface area contributed by atoms with Crippen LogP contribution in [0.3, 0.4) is 0 Å². The highest BCUT2D eigenvalue weighted by molar-refractivity contribution is 5.71. The number of hydrogen-bond acceptors (Lipinski definition) is 6. The van der Waals surface area contributed by atoms with Gasteiger partial charge in [-0.1, -0.05) is 217 Å². The molecule has 0 N–H and O–H groups in total. The predicted octanol–water partition coefficient (Wildman–Crippen LogP) is 18.8. The summed E-state index contributed by atoms with van der Waals surface area (Å²) in [5.41, 5.74) is 0. The monoisotopic (exact) mass is 975 g/mol. The lowest BCUT2D eigenvalue weighted by atomic mass is 10.2. The first-order valence-electron chi connectivity index (χ1n) is 27.6. The summed E-state index contributed by atoms with van der Waals surface area (Å²) in [6.07, 6.45) is 85.1. The van der Waals surface area contributed by atoms with Crippen molar-refractivity contribution in [3.63, 3.8) is 0 Å². The second-order valence-corrected chi connectivity index (χ2v) is 17.4. The van der Waals surface area contributed by atoms with E-state index in [9.17, 15) is 14.4 Å². The maximum atomic E-state index is 12.8. The van der Waals surface area contributed by atoms with E-state index >= 15 is 0 Å². The summed E-state index contributed by atoms with van der Waals surface area (Å²) in [4.78, 5) is 38.0. The maximum absolute atomic E-state index is 12.8. The van der Waals surface area contributed by atoms with Gasteiger partial charge >= 0.3 is 17.9 Å². The summed E-state index contributed by atoms with van der Waals surface area (Å²) in [5.74, 6) is -1.18. The first-order chi connectivity index (χ1) is 35.0. The largest absolute Gasteiger partial charge is 0.462 e. The molecule has 0 spiro atoms. The molecule has 0 saturated carbocycles. The topological polar surface area (TPSA) is 78.9 Å². The minimum Gasteiger partial charge on any atom is -0.462 e. The highest BCUT2D eigenvalue weighted by atomic mass is 16.6. The molecule has 0 fully saturated rings. The number of esters is 3. The lowest BCUT2D eigenvalue weighted by Gasteiger charge is -2.18. The average Bonchev–Trinajstić information content (AvgIpc) is 3.37. The molecule has 0 amide bonds. The van der Waals surface area contributed by atoms with Crippen LogP contribution >= 0.6 is 0 Å². The van der Waals surface area contributed by atoms with E-state index in [4.69, 9.17) is 14.2 Å². The molecule has 0 rings (SSSR count). The molecule has 0 saturated heterocycles. The number of carbonyl (C=O) groups is 3. The zero-order chi connectivity index (χ0) is 51.4. The van der Waals surface area contributed by atoms with E-state index in [1.54, 1.807) is 0 Å². The zero-order valence-corrected chi connectivity index (χ0v) is 44.9. The Balaban J connectivity index is 4.71. The summed E-state index contributed by atoms with van der Waals surface area (Å²) in [7, 11) is 0. The lowest BCUT2D eigenvalue weighted by molar-refractivity contribution is -0.166. The Morgan fingerprint density at radius 3 is 0.887 bits per heavy atom. The fourth-order valence-electron chi connectivity index (χ4n) is 6.57. The van der Waals surface area contributed by atoms with Crippen LogP contribution in [0.5, 0.6) is 0 Å². The summed E-state index contributed by atoms with van der Waals surface area (Å²) in [6, 6.07) is 0. The van der Waals surface area contributed by atoms with Crippen LogP contribution in [0.4, 0.5) is 0 Å². The highest BCUT2D eigenvalue weighted by Gasteiger charge is 2.19. The number of allylic oxidation sites excluding steroid dienone is 28. The first-order valence-corrected chi connectivity index (χ1v) is 27.6.